The Balaban J connectivity index is 2.26. The number of benzene rings is 3. The maximum Gasteiger partial charge on any atom is 0.336 e. The second-order valence-corrected chi connectivity index (χ2v) is 6.18. The van der Waals surface area contributed by atoms with Crippen molar-refractivity contribution in [3.05, 3.63) is 71.8 Å². The molecule has 0 aliphatic rings. The zero-order valence-electron chi connectivity index (χ0n) is 15.0. The molecule has 0 radical (unpaired) electrons. The van der Waals surface area contributed by atoms with E-state index in [1.807, 2.05) is 54.6 Å². The number of rotatable bonds is 6. The SMILES string of the molecule is COc1ccc(-c2ccc(C(=O)O)c(CCl)c2-c2ccc(OC)cc2)cc1. The minimum Gasteiger partial charge on any atom is -0.497 e. The molecule has 0 aliphatic carbocycles. The van der Waals surface area contributed by atoms with Crippen molar-refractivity contribution in [2.45, 2.75) is 5.88 Å². The van der Waals surface area contributed by atoms with Crippen molar-refractivity contribution < 1.29 is 19.4 Å². The molecule has 3 aromatic carbocycles. The van der Waals surface area contributed by atoms with Crippen LogP contribution in [-0.4, -0.2) is 25.3 Å². The second-order valence-electron chi connectivity index (χ2n) is 5.91. The Morgan fingerprint density at radius 1 is 0.852 bits per heavy atom. The highest BCUT2D eigenvalue weighted by Crippen LogP contribution is 2.38. The van der Waals surface area contributed by atoms with Crippen molar-refractivity contribution in [2.75, 3.05) is 14.2 Å². The molecule has 0 atom stereocenters. The number of hydrogen-bond donors (Lipinski definition) is 1. The Bertz CT molecular complexity index is 947. The van der Waals surface area contributed by atoms with Crippen LogP contribution in [0.4, 0.5) is 0 Å². The van der Waals surface area contributed by atoms with E-state index in [4.69, 9.17) is 21.1 Å². The van der Waals surface area contributed by atoms with E-state index >= 15 is 0 Å². The maximum absolute atomic E-state index is 11.7. The van der Waals surface area contributed by atoms with Gasteiger partial charge in [-0.3, -0.25) is 0 Å². The molecule has 0 spiro atoms. The first-order valence-corrected chi connectivity index (χ1v) is 8.86. The van der Waals surface area contributed by atoms with E-state index in [9.17, 15) is 9.90 Å². The van der Waals surface area contributed by atoms with Crippen molar-refractivity contribution in [1.82, 2.24) is 0 Å². The fraction of sp³-hybridized carbons (Fsp3) is 0.136. The summed E-state index contributed by atoms with van der Waals surface area (Å²) in [5.74, 6) is 0.574. The van der Waals surface area contributed by atoms with Crippen molar-refractivity contribution in [2.24, 2.45) is 0 Å². The summed E-state index contributed by atoms with van der Waals surface area (Å²) in [5, 5.41) is 9.58. The van der Waals surface area contributed by atoms with Gasteiger partial charge in [-0.15, -0.1) is 11.6 Å². The minimum absolute atomic E-state index is 0.0903. The molecule has 3 aromatic rings. The molecule has 0 bridgehead atoms. The summed E-state index contributed by atoms with van der Waals surface area (Å²) in [7, 11) is 3.22. The number of methoxy groups -OCH3 is 2. The summed E-state index contributed by atoms with van der Waals surface area (Å²) in [6.45, 7) is 0. The first-order chi connectivity index (χ1) is 13.1. The van der Waals surface area contributed by atoms with Crippen LogP contribution in [-0.2, 0) is 5.88 Å². The largest absolute Gasteiger partial charge is 0.497 e. The lowest BCUT2D eigenvalue weighted by Gasteiger charge is -2.17. The van der Waals surface area contributed by atoms with Crippen LogP contribution in [0.5, 0.6) is 11.5 Å². The van der Waals surface area contributed by atoms with Crippen molar-refractivity contribution >= 4 is 17.6 Å². The number of carboxylic acid groups (broad SMARTS) is 1. The Morgan fingerprint density at radius 3 is 1.81 bits per heavy atom. The molecule has 0 aliphatic heterocycles. The van der Waals surface area contributed by atoms with Crippen molar-refractivity contribution in [1.29, 1.82) is 0 Å². The molecule has 138 valence electrons. The maximum atomic E-state index is 11.7. The number of alkyl halides is 1. The summed E-state index contributed by atoms with van der Waals surface area (Å²) in [4.78, 5) is 11.7. The lowest BCUT2D eigenvalue weighted by molar-refractivity contribution is 0.0696. The smallest absolute Gasteiger partial charge is 0.336 e. The van der Waals surface area contributed by atoms with Crippen LogP contribution in [0.2, 0.25) is 0 Å². The average Bonchev–Trinajstić information content (AvgIpc) is 2.72. The standard InChI is InChI=1S/C22H19ClO4/c1-26-16-7-3-14(4-8-16)18-11-12-19(22(24)25)20(13-23)21(18)15-5-9-17(27-2)10-6-15/h3-12H,13H2,1-2H3,(H,24,25). The van der Waals surface area contributed by atoms with Crippen LogP contribution < -0.4 is 9.47 Å². The van der Waals surface area contributed by atoms with E-state index in [1.165, 1.54) is 0 Å². The van der Waals surface area contributed by atoms with E-state index in [2.05, 4.69) is 0 Å². The molecule has 0 saturated carbocycles. The molecule has 3 rings (SSSR count). The normalized spacial score (nSPS) is 10.5. The zero-order valence-corrected chi connectivity index (χ0v) is 15.8. The molecule has 0 unspecified atom stereocenters. The Kier molecular flexibility index (Phi) is 5.67. The van der Waals surface area contributed by atoms with Gasteiger partial charge in [0.2, 0.25) is 0 Å². The van der Waals surface area contributed by atoms with E-state index in [1.54, 1.807) is 20.3 Å². The van der Waals surface area contributed by atoms with E-state index in [-0.39, 0.29) is 11.4 Å². The van der Waals surface area contributed by atoms with Gasteiger partial charge in [0.1, 0.15) is 11.5 Å². The molecule has 0 heterocycles. The van der Waals surface area contributed by atoms with Crippen molar-refractivity contribution in [3.8, 4) is 33.8 Å². The van der Waals surface area contributed by atoms with E-state index < -0.39 is 5.97 Å². The first kappa shape index (κ1) is 18.8. The van der Waals surface area contributed by atoms with Gasteiger partial charge in [0.25, 0.3) is 0 Å². The fourth-order valence-corrected chi connectivity index (χ4v) is 3.36. The van der Waals surface area contributed by atoms with Crippen LogP contribution in [0.3, 0.4) is 0 Å². The third-order valence-electron chi connectivity index (χ3n) is 4.46. The number of aromatic carboxylic acids is 1. The topological polar surface area (TPSA) is 55.8 Å². The summed E-state index contributed by atoms with van der Waals surface area (Å²) in [6, 6.07) is 18.6. The number of carbonyl (C=O) groups is 1. The highest BCUT2D eigenvalue weighted by atomic mass is 35.5. The molecular formula is C22H19ClO4. The van der Waals surface area contributed by atoms with E-state index in [0.29, 0.717) is 5.56 Å². The van der Waals surface area contributed by atoms with Gasteiger partial charge >= 0.3 is 5.97 Å². The summed E-state index contributed by atoms with van der Waals surface area (Å²) < 4.78 is 10.5. The number of halogens is 1. The van der Waals surface area contributed by atoms with E-state index in [0.717, 1.165) is 33.8 Å². The van der Waals surface area contributed by atoms with Gasteiger partial charge in [-0.1, -0.05) is 30.3 Å². The molecular weight excluding hydrogens is 364 g/mol. The number of ether oxygens (including phenoxy) is 2. The molecule has 0 fully saturated rings. The molecule has 27 heavy (non-hydrogen) atoms. The lowest BCUT2D eigenvalue weighted by atomic mass is 9.88. The average molecular weight is 383 g/mol. The Labute approximate surface area is 162 Å². The molecule has 5 heteroatoms. The van der Waals surface area contributed by atoms with Gasteiger partial charge < -0.3 is 14.6 Å². The zero-order chi connectivity index (χ0) is 19.4. The second kappa shape index (κ2) is 8.14. The van der Waals surface area contributed by atoms with Crippen LogP contribution in [0.15, 0.2) is 60.7 Å². The predicted octanol–water partition coefficient (Wildman–Crippen LogP) is 5.47. The highest BCUT2D eigenvalue weighted by Gasteiger charge is 2.19. The van der Waals surface area contributed by atoms with Crippen LogP contribution in [0, 0.1) is 0 Å². The number of carboxylic acids is 1. The first-order valence-electron chi connectivity index (χ1n) is 8.33. The molecule has 0 amide bonds. The Morgan fingerprint density at radius 2 is 1.37 bits per heavy atom. The van der Waals surface area contributed by atoms with Gasteiger partial charge in [-0.25, -0.2) is 4.79 Å². The summed E-state index contributed by atoms with van der Waals surface area (Å²) in [5.41, 5.74) is 4.32. The van der Waals surface area contributed by atoms with Gasteiger partial charge in [-0.2, -0.15) is 0 Å². The fourth-order valence-electron chi connectivity index (χ4n) is 3.09. The quantitative estimate of drug-likeness (QED) is 0.574. The lowest BCUT2D eigenvalue weighted by Crippen LogP contribution is -2.04. The minimum atomic E-state index is -0.998. The monoisotopic (exact) mass is 382 g/mol. The summed E-state index contributed by atoms with van der Waals surface area (Å²) in [6.07, 6.45) is 0. The van der Waals surface area contributed by atoms with Crippen LogP contribution >= 0.6 is 11.6 Å². The molecule has 4 nitrogen and oxygen atoms in total. The van der Waals surface area contributed by atoms with Crippen LogP contribution in [0.1, 0.15) is 15.9 Å². The highest BCUT2D eigenvalue weighted by molar-refractivity contribution is 6.18. The third kappa shape index (κ3) is 3.76. The summed E-state index contributed by atoms with van der Waals surface area (Å²) >= 11 is 6.19. The van der Waals surface area contributed by atoms with Gasteiger partial charge in [0.15, 0.2) is 0 Å². The van der Waals surface area contributed by atoms with Gasteiger partial charge in [0.05, 0.1) is 19.8 Å². The molecule has 0 saturated heterocycles. The Hall–Kier alpha value is -2.98. The molecule has 0 aromatic heterocycles. The third-order valence-corrected chi connectivity index (χ3v) is 4.72. The van der Waals surface area contributed by atoms with Crippen LogP contribution in [0.25, 0.3) is 22.3 Å². The molecule has 1 N–H and O–H groups in total. The predicted molar refractivity (Wildman–Crippen MR) is 107 cm³/mol. The van der Waals surface area contributed by atoms with Crippen molar-refractivity contribution in [3.63, 3.8) is 0 Å². The van der Waals surface area contributed by atoms with Gasteiger partial charge in [0, 0.05) is 5.88 Å². The van der Waals surface area contributed by atoms with Gasteiger partial charge in [-0.05, 0) is 58.1 Å². The number of hydrogen-bond acceptors (Lipinski definition) is 3.